The second-order valence-electron chi connectivity index (χ2n) is 5.22. The largest absolute Gasteiger partial charge is 0.349 e. The second kappa shape index (κ2) is 6.80. The Kier molecular flexibility index (Phi) is 4.57. The zero-order valence-electron chi connectivity index (χ0n) is 12.5. The molecule has 7 heteroatoms. The minimum atomic E-state index is -0.456. The van der Waals surface area contributed by atoms with E-state index in [9.17, 15) is 14.0 Å². The molecule has 0 bridgehead atoms. The molecule has 5 nitrogen and oxygen atoms in total. The van der Waals surface area contributed by atoms with Gasteiger partial charge in [0.05, 0.1) is 23.9 Å². The van der Waals surface area contributed by atoms with Crippen molar-refractivity contribution in [1.82, 2.24) is 15.3 Å². The highest BCUT2D eigenvalue weighted by molar-refractivity contribution is 6.31. The van der Waals surface area contributed by atoms with Gasteiger partial charge in [-0.25, -0.2) is 9.37 Å². The van der Waals surface area contributed by atoms with Crippen molar-refractivity contribution in [3.63, 3.8) is 0 Å². The number of benzene rings is 2. The van der Waals surface area contributed by atoms with E-state index in [1.807, 2.05) is 0 Å². The van der Waals surface area contributed by atoms with E-state index in [1.54, 1.807) is 24.3 Å². The van der Waals surface area contributed by atoms with E-state index in [4.69, 9.17) is 11.6 Å². The van der Waals surface area contributed by atoms with Gasteiger partial charge in [-0.2, -0.15) is 0 Å². The molecule has 0 unspecified atom stereocenters. The minimum Gasteiger partial charge on any atom is -0.349 e. The lowest BCUT2D eigenvalue weighted by Gasteiger charge is -2.07. The van der Waals surface area contributed by atoms with Crippen LogP contribution in [-0.4, -0.2) is 15.9 Å². The number of fused-ring (bicyclic) bond motifs is 1. The Hall–Kier alpha value is -2.73. The van der Waals surface area contributed by atoms with Crippen molar-refractivity contribution in [1.29, 1.82) is 0 Å². The molecule has 0 radical (unpaired) electrons. The lowest BCUT2D eigenvalue weighted by Crippen LogP contribution is -2.27. The van der Waals surface area contributed by atoms with E-state index in [0.29, 0.717) is 22.3 Å². The molecule has 0 aliphatic heterocycles. The van der Waals surface area contributed by atoms with Gasteiger partial charge in [0.15, 0.2) is 0 Å². The first-order valence-electron chi connectivity index (χ1n) is 7.21. The van der Waals surface area contributed by atoms with Gasteiger partial charge in [0, 0.05) is 5.02 Å². The lowest BCUT2D eigenvalue weighted by molar-refractivity contribution is -0.120. The highest BCUT2D eigenvalue weighted by Crippen LogP contribution is 2.17. The summed E-state index contributed by atoms with van der Waals surface area (Å²) in [6.07, 6.45) is 0.0108. The summed E-state index contributed by atoms with van der Waals surface area (Å²) < 4.78 is 13.0. The number of nitrogens with zero attached hydrogens (tertiary/aromatic N) is 1. The number of amides is 1. The molecule has 1 heterocycles. The third-order valence-corrected chi connectivity index (χ3v) is 3.83. The van der Waals surface area contributed by atoms with Gasteiger partial charge in [-0.05, 0) is 29.8 Å². The van der Waals surface area contributed by atoms with Crippen molar-refractivity contribution in [3.05, 3.63) is 75.0 Å². The Morgan fingerprint density at radius 2 is 2.04 bits per heavy atom. The van der Waals surface area contributed by atoms with Gasteiger partial charge >= 0.3 is 0 Å². The van der Waals surface area contributed by atoms with E-state index in [0.717, 1.165) is 6.07 Å². The number of nitrogens with one attached hydrogen (secondary N) is 2. The van der Waals surface area contributed by atoms with Crippen LogP contribution in [0.2, 0.25) is 5.02 Å². The maximum atomic E-state index is 13.0. The van der Waals surface area contributed by atoms with Crippen molar-refractivity contribution in [2.45, 2.75) is 13.0 Å². The van der Waals surface area contributed by atoms with Gasteiger partial charge in [-0.1, -0.05) is 29.8 Å². The van der Waals surface area contributed by atoms with Crippen molar-refractivity contribution in [3.8, 4) is 0 Å². The number of H-pyrrole nitrogens is 1. The molecule has 2 N–H and O–H groups in total. The highest BCUT2D eigenvalue weighted by Gasteiger charge is 2.09. The van der Waals surface area contributed by atoms with Crippen molar-refractivity contribution < 1.29 is 9.18 Å². The van der Waals surface area contributed by atoms with Gasteiger partial charge in [0.2, 0.25) is 5.91 Å². The first-order chi connectivity index (χ1) is 11.5. The van der Waals surface area contributed by atoms with Gasteiger partial charge < -0.3 is 10.3 Å². The molecular weight excluding hydrogens is 333 g/mol. The third-order valence-electron chi connectivity index (χ3n) is 3.48. The van der Waals surface area contributed by atoms with E-state index >= 15 is 0 Å². The average molecular weight is 346 g/mol. The molecular formula is C17H13ClFN3O2. The highest BCUT2D eigenvalue weighted by atomic mass is 35.5. The number of carbonyl (C=O) groups is 1. The normalized spacial score (nSPS) is 10.8. The van der Waals surface area contributed by atoms with Crippen LogP contribution in [0.1, 0.15) is 11.4 Å². The molecule has 0 aliphatic rings. The maximum absolute atomic E-state index is 13.0. The van der Waals surface area contributed by atoms with Gasteiger partial charge in [0.25, 0.3) is 5.56 Å². The second-order valence-corrected chi connectivity index (χ2v) is 5.63. The van der Waals surface area contributed by atoms with Crippen LogP contribution in [0, 0.1) is 5.82 Å². The predicted molar refractivity (Wildman–Crippen MR) is 89.3 cm³/mol. The van der Waals surface area contributed by atoms with Crippen LogP contribution in [0.3, 0.4) is 0 Å². The number of rotatable bonds is 4. The quantitative estimate of drug-likeness (QED) is 0.763. The molecule has 1 aromatic heterocycles. The Morgan fingerprint density at radius 3 is 2.83 bits per heavy atom. The van der Waals surface area contributed by atoms with E-state index in [2.05, 4.69) is 15.3 Å². The number of halogens is 2. The molecule has 0 fully saturated rings. The lowest BCUT2D eigenvalue weighted by atomic mass is 10.1. The summed E-state index contributed by atoms with van der Waals surface area (Å²) in [4.78, 5) is 30.9. The molecule has 3 rings (SSSR count). The van der Waals surface area contributed by atoms with E-state index in [-0.39, 0.29) is 29.5 Å². The van der Waals surface area contributed by atoms with E-state index in [1.165, 1.54) is 12.1 Å². The summed E-state index contributed by atoms with van der Waals surface area (Å²) in [6.45, 7) is 0.0811. The number of aromatic amines is 1. The summed E-state index contributed by atoms with van der Waals surface area (Å²) in [5.41, 5.74) is 0.828. The van der Waals surface area contributed by atoms with Gasteiger partial charge in [-0.15, -0.1) is 0 Å². The number of para-hydroxylation sites is 1. The summed E-state index contributed by atoms with van der Waals surface area (Å²) in [7, 11) is 0. The van der Waals surface area contributed by atoms with Crippen LogP contribution in [0.25, 0.3) is 10.9 Å². The summed E-state index contributed by atoms with van der Waals surface area (Å²) in [6, 6.07) is 10.8. The number of aromatic nitrogens is 2. The number of hydrogen-bond donors (Lipinski definition) is 2. The molecule has 2 aromatic carbocycles. The zero-order valence-corrected chi connectivity index (χ0v) is 13.2. The fraction of sp³-hybridized carbons (Fsp3) is 0.118. The average Bonchev–Trinajstić information content (AvgIpc) is 2.56. The van der Waals surface area contributed by atoms with Crippen molar-refractivity contribution in [2.75, 3.05) is 0 Å². The summed E-state index contributed by atoms with van der Waals surface area (Å²) in [5, 5.41) is 3.35. The van der Waals surface area contributed by atoms with E-state index < -0.39 is 5.82 Å². The Bertz CT molecular complexity index is 971. The standard InChI is InChI=1S/C17H13ClFN3O2/c18-13-8-11(19)6-5-10(13)7-16(23)20-9-15-21-14-4-2-1-3-12(14)17(24)22-15/h1-6,8H,7,9H2,(H,20,23)(H,21,22,24). The molecule has 3 aromatic rings. The fourth-order valence-corrected chi connectivity index (χ4v) is 2.54. The molecule has 0 spiro atoms. The van der Waals surface area contributed by atoms with Crippen LogP contribution in [0.5, 0.6) is 0 Å². The Balaban J connectivity index is 1.69. The van der Waals surface area contributed by atoms with Crippen LogP contribution in [-0.2, 0) is 17.8 Å². The molecule has 1 amide bonds. The van der Waals surface area contributed by atoms with Crippen LogP contribution in [0.4, 0.5) is 4.39 Å². The molecule has 0 saturated carbocycles. The van der Waals surface area contributed by atoms with Crippen LogP contribution in [0.15, 0.2) is 47.3 Å². The minimum absolute atomic E-state index is 0.0108. The fourth-order valence-electron chi connectivity index (χ4n) is 2.30. The maximum Gasteiger partial charge on any atom is 0.258 e. The summed E-state index contributed by atoms with van der Waals surface area (Å²) >= 11 is 5.90. The number of hydrogen-bond acceptors (Lipinski definition) is 3. The van der Waals surface area contributed by atoms with Crippen molar-refractivity contribution >= 4 is 28.4 Å². The first-order valence-corrected chi connectivity index (χ1v) is 7.59. The van der Waals surface area contributed by atoms with Crippen LogP contribution >= 0.6 is 11.6 Å². The van der Waals surface area contributed by atoms with Crippen LogP contribution < -0.4 is 10.9 Å². The SMILES string of the molecule is O=C(Cc1ccc(F)cc1Cl)NCc1nc2ccccc2c(=O)[nH]1. The van der Waals surface area contributed by atoms with Crippen molar-refractivity contribution in [2.24, 2.45) is 0 Å². The topological polar surface area (TPSA) is 74.8 Å². The monoisotopic (exact) mass is 345 g/mol. The molecule has 24 heavy (non-hydrogen) atoms. The Morgan fingerprint density at radius 1 is 1.25 bits per heavy atom. The molecule has 0 atom stereocenters. The Labute approximate surface area is 141 Å². The van der Waals surface area contributed by atoms with Gasteiger partial charge in [-0.3, -0.25) is 9.59 Å². The third kappa shape index (κ3) is 3.60. The zero-order chi connectivity index (χ0) is 17.1. The predicted octanol–water partition coefficient (Wildman–Crippen LogP) is 2.57. The number of carbonyl (C=O) groups excluding carboxylic acids is 1. The van der Waals surface area contributed by atoms with Gasteiger partial charge in [0.1, 0.15) is 11.6 Å². The molecule has 0 aliphatic carbocycles. The smallest absolute Gasteiger partial charge is 0.258 e. The molecule has 122 valence electrons. The summed E-state index contributed by atoms with van der Waals surface area (Å²) in [5.74, 6) is -0.404. The first kappa shape index (κ1) is 16.1. The molecule has 0 saturated heterocycles.